The van der Waals surface area contributed by atoms with Crippen LogP contribution < -0.4 is 16.0 Å². The summed E-state index contributed by atoms with van der Waals surface area (Å²) in [5.41, 5.74) is -6.49. The van der Waals surface area contributed by atoms with Crippen molar-refractivity contribution in [2.24, 2.45) is 43.3 Å². The Bertz CT molecular complexity index is 1590. The van der Waals surface area contributed by atoms with E-state index < -0.39 is 73.7 Å². The fourth-order valence-corrected chi connectivity index (χ4v) is 4.34. The van der Waals surface area contributed by atoms with Crippen LogP contribution in [0.2, 0.25) is 0 Å². The molecule has 0 aliphatic heterocycles. The number of hydrogen-bond donors (Lipinski definition) is 3. The van der Waals surface area contributed by atoms with Crippen LogP contribution in [-0.2, 0) is 76.3 Å². The van der Waals surface area contributed by atoms with Gasteiger partial charge in [0.05, 0.1) is 51.1 Å². The topological polar surface area (TPSA) is 254 Å². The summed E-state index contributed by atoms with van der Waals surface area (Å²) in [4.78, 5) is 108. The van der Waals surface area contributed by atoms with Crippen LogP contribution in [0.5, 0.6) is 0 Å². The second kappa shape index (κ2) is 31.6. The minimum atomic E-state index is -1.27. The minimum absolute atomic E-state index is 0. The number of nitrogens with one attached hydrogen (secondary N) is 3. The monoisotopic (exact) mass is 1020 g/mol. The summed E-state index contributed by atoms with van der Waals surface area (Å²) in [6, 6.07) is 0. The first-order valence-electron chi connectivity index (χ1n) is 23.9. The largest absolute Gasteiger partial charge is 0.466 e. The lowest BCUT2D eigenvalue weighted by Crippen LogP contribution is -2.47. The maximum Gasteiger partial charge on any atom is 0.311 e. The van der Waals surface area contributed by atoms with Crippen molar-refractivity contribution in [1.29, 1.82) is 0 Å². The summed E-state index contributed by atoms with van der Waals surface area (Å²) in [5.74, 6) is -3.43. The van der Waals surface area contributed by atoms with E-state index in [1.807, 2.05) is 27.7 Å². The highest BCUT2D eigenvalue weighted by atomic mass is 16.6. The van der Waals surface area contributed by atoms with Gasteiger partial charge >= 0.3 is 35.8 Å². The van der Waals surface area contributed by atoms with Gasteiger partial charge in [0.25, 0.3) is 0 Å². The predicted molar refractivity (Wildman–Crippen MR) is 271 cm³/mol. The maximum absolute atomic E-state index is 12.5. The van der Waals surface area contributed by atoms with Gasteiger partial charge < -0.3 is 49.1 Å². The average molecular weight is 1020 g/mol. The normalized spacial score (nSPS) is 12.1. The molecule has 3 amide bonds. The third-order valence-corrected chi connectivity index (χ3v) is 9.10. The Morgan fingerprint density at radius 2 is 0.662 bits per heavy atom. The molecule has 19 nitrogen and oxygen atoms in total. The van der Waals surface area contributed by atoms with Gasteiger partial charge in [0, 0.05) is 26.1 Å². The standard InChI is InChI=1S/C27H48N2O9.C17H31NO5.C7H14O2.CH4/c1-11-28-19(30)12-13-29-20(31)14-35-15-27(16-36-21(32)24(2,3)4,17-37-22(33)25(5,6)7)18-38-23(34)26(8,9)10;1-9-18-12(19)17(8,10-22-13(20)15(2,3)4)11-23-14(21)16(5,6)7;1-5-9-6(8)7(2,3)4;/h11-18H2,1-10H3,(H,28,30)(H,29,31);9-11H2,1-8H3,(H,18,19);5H2,1-4H3;1H4. The van der Waals surface area contributed by atoms with Crippen LogP contribution in [0, 0.1) is 43.3 Å². The molecule has 0 saturated carbocycles. The lowest BCUT2D eigenvalue weighted by Gasteiger charge is -2.34. The number of carbonyl (C=O) groups excluding carboxylic acids is 9. The number of esters is 6. The SMILES string of the molecule is C.CCNC(=O)C(C)(COC(=O)C(C)(C)C)COC(=O)C(C)(C)C.CCNC(=O)CCNC(=O)COCC(COC(=O)C(C)(C)C)(COC(=O)C(C)(C)C)COC(=O)C(C)(C)C.CCOC(=O)C(C)(C)C. The molecule has 0 radical (unpaired) electrons. The Morgan fingerprint density at radius 3 is 0.930 bits per heavy atom. The van der Waals surface area contributed by atoms with Gasteiger partial charge in [-0.05, 0) is 152 Å². The molecule has 0 saturated heterocycles. The van der Waals surface area contributed by atoms with Gasteiger partial charge in [0.15, 0.2) is 0 Å². The molecule has 3 N–H and O–H groups in total. The van der Waals surface area contributed by atoms with Crippen LogP contribution >= 0.6 is 0 Å². The van der Waals surface area contributed by atoms with Gasteiger partial charge in [-0.1, -0.05) is 7.43 Å². The van der Waals surface area contributed by atoms with Gasteiger partial charge in [0.2, 0.25) is 17.7 Å². The fourth-order valence-electron chi connectivity index (χ4n) is 4.34. The molecule has 19 heteroatoms. The van der Waals surface area contributed by atoms with Gasteiger partial charge in [-0.3, -0.25) is 43.2 Å². The molecule has 0 rings (SSSR count). The predicted octanol–water partition coefficient (Wildman–Crippen LogP) is 6.94. The Balaban J connectivity index is -0.000000572. The van der Waals surface area contributed by atoms with Crippen LogP contribution in [0.25, 0.3) is 0 Å². The van der Waals surface area contributed by atoms with Crippen LogP contribution in [0.4, 0.5) is 0 Å². The van der Waals surface area contributed by atoms with E-state index in [0.717, 1.165) is 0 Å². The number of rotatable bonds is 21. The van der Waals surface area contributed by atoms with E-state index in [9.17, 15) is 43.2 Å². The molecule has 71 heavy (non-hydrogen) atoms. The highest BCUT2D eigenvalue weighted by Gasteiger charge is 2.41. The zero-order valence-electron chi connectivity index (χ0n) is 47.0. The molecule has 0 heterocycles. The first-order chi connectivity index (χ1) is 31.5. The molecule has 0 aliphatic carbocycles. The summed E-state index contributed by atoms with van der Waals surface area (Å²) in [5, 5.41) is 7.91. The third kappa shape index (κ3) is 32.7. The van der Waals surface area contributed by atoms with Crippen molar-refractivity contribution < 1.29 is 76.3 Å². The molecular formula is C52H97N3O16. The summed E-state index contributed by atoms with van der Waals surface area (Å²) in [6.07, 6.45) is 0.123. The molecule has 0 aliphatic rings. The van der Waals surface area contributed by atoms with Crippen molar-refractivity contribution in [3.8, 4) is 0 Å². The second-order valence-electron chi connectivity index (χ2n) is 23.6. The van der Waals surface area contributed by atoms with E-state index in [-0.39, 0.29) is 89.8 Å². The zero-order valence-corrected chi connectivity index (χ0v) is 47.0. The van der Waals surface area contributed by atoms with Crippen molar-refractivity contribution >= 4 is 53.5 Å². The van der Waals surface area contributed by atoms with Gasteiger partial charge in [-0.25, -0.2) is 0 Å². The summed E-state index contributed by atoms with van der Waals surface area (Å²) < 4.78 is 37.5. The first-order valence-corrected chi connectivity index (χ1v) is 23.9. The van der Waals surface area contributed by atoms with Crippen LogP contribution in [0.15, 0.2) is 0 Å². The van der Waals surface area contributed by atoms with Gasteiger partial charge in [-0.2, -0.15) is 0 Å². The fraction of sp³-hybridized carbons (Fsp3) is 0.827. The smallest absolute Gasteiger partial charge is 0.311 e. The molecule has 0 spiro atoms. The maximum atomic E-state index is 12.5. The number of carbonyl (C=O) groups is 9. The van der Waals surface area contributed by atoms with Crippen LogP contribution in [-0.4, -0.2) is 126 Å². The lowest BCUT2D eigenvalue weighted by molar-refractivity contribution is -0.178. The van der Waals surface area contributed by atoms with E-state index >= 15 is 0 Å². The van der Waals surface area contributed by atoms with Crippen molar-refractivity contribution in [1.82, 2.24) is 16.0 Å². The van der Waals surface area contributed by atoms with Gasteiger partial charge in [-0.15, -0.1) is 0 Å². The second-order valence-corrected chi connectivity index (χ2v) is 23.6. The quantitative estimate of drug-likeness (QED) is 0.0777. The number of hydrogen-bond acceptors (Lipinski definition) is 16. The number of amides is 3. The van der Waals surface area contributed by atoms with E-state index in [2.05, 4.69) is 16.0 Å². The molecule has 0 fully saturated rings. The van der Waals surface area contributed by atoms with E-state index in [1.54, 1.807) is 125 Å². The van der Waals surface area contributed by atoms with Crippen molar-refractivity contribution in [3.63, 3.8) is 0 Å². The third-order valence-electron chi connectivity index (χ3n) is 9.10. The van der Waals surface area contributed by atoms with Crippen molar-refractivity contribution in [2.45, 2.75) is 166 Å². The Hall–Kier alpha value is -4.81. The molecule has 0 aromatic heterocycles. The number of ether oxygens (including phenoxy) is 7. The molecule has 0 aromatic rings. The highest BCUT2D eigenvalue weighted by Crippen LogP contribution is 2.28. The Kier molecular flexibility index (Phi) is 32.4. The van der Waals surface area contributed by atoms with Crippen LogP contribution in [0.3, 0.4) is 0 Å². The molecule has 416 valence electrons. The van der Waals surface area contributed by atoms with Crippen molar-refractivity contribution in [2.75, 3.05) is 72.5 Å². The molecular weight excluding hydrogens is 923 g/mol. The van der Waals surface area contributed by atoms with Crippen molar-refractivity contribution in [3.05, 3.63) is 0 Å². The van der Waals surface area contributed by atoms with Gasteiger partial charge in [0.1, 0.15) is 45.1 Å². The molecule has 0 unspecified atom stereocenters. The molecule has 0 bridgehead atoms. The van der Waals surface area contributed by atoms with E-state index in [1.165, 1.54) is 0 Å². The van der Waals surface area contributed by atoms with Crippen LogP contribution in [0.1, 0.15) is 166 Å². The zero-order chi connectivity index (χ0) is 55.8. The molecule has 0 aromatic carbocycles. The highest BCUT2D eigenvalue weighted by molar-refractivity contribution is 5.84. The average Bonchev–Trinajstić information content (AvgIpc) is 3.20. The minimum Gasteiger partial charge on any atom is -0.466 e. The Labute approximate surface area is 426 Å². The van der Waals surface area contributed by atoms with E-state index in [4.69, 9.17) is 33.2 Å². The Morgan fingerprint density at radius 1 is 0.366 bits per heavy atom. The molecule has 0 atom stereocenters. The summed E-state index contributed by atoms with van der Waals surface area (Å²) in [6.45, 7) is 38.0. The summed E-state index contributed by atoms with van der Waals surface area (Å²) in [7, 11) is 0. The van der Waals surface area contributed by atoms with E-state index in [0.29, 0.717) is 19.7 Å². The first kappa shape index (κ1) is 72.7. The summed E-state index contributed by atoms with van der Waals surface area (Å²) >= 11 is 0. The lowest BCUT2D eigenvalue weighted by atomic mass is 9.90.